The van der Waals surface area contributed by atoms with Crippen LogP contribution in [0.4, 0.5) is 0 Å². The second kappa shape index (κ2) is 6.78. The molecule has 1 amide bonds. The fourth-order valence-electron chi connectivity index (χ4n) is 3.73. The van der Waals surface area contributed by atoms with Gasteiger partial charge < -0.3 is 14.5 Å². The number of rotatable bonds is 3. The van der Waals surface area contributed by atoms with Crippen LogP contribution in [0.1, 0.15) is 29.0 Å². The summed E-state index contributed by atoms with van der Waals surface area (Å²) in [4.78, 5) is 32.8. The Morgan fingerprint density at radius 2 is 1.96 bits per heavy atom. The van der Waals surface area contributed by atoms with Gasteiger partial charge in [-0.3, -0.25) is 9.59 Å². The maximum absolute atomic E-state index is 12.6. The average Bonchev–Trinajstić information content (AvgIpc) is 2.98. The lowest BCUT2D eigenvalue weighted by Crippen LogP contribution is -2.39. The summed E-state index contributed by atoms with van der Waals surface area (Å²) >= 11 is 0. The molecule has 0 saturated carbocycles. The molecule has 1 saturated heterocycles. The van der Waals surface area contributed by atoms with E-state index in [0.717, 1.165) is 43.8 Å². The van der Waals surface area contributed by atoms with Crippen molar-refractivity contribution in [2.24, 2.45) is 5.92 Å². The third kappa shape index (κ3) is 3.14. The molecule has 2 aromatic heterocycles. The number of hydrogen-bond donors (Lipinski definition) is 1. The topological polar surface area (TPSA) is 71.0 Å². The van der Waals surface area contributed by atoms with Gasteiger partial charge in [0.15, 0.2) is 0 Å². The average molecular weight is 350 g/mol. The van der Waals surface area contributed by atoms with Gasteiger partial charge in [-0.2, -0.15) is 0 Å². The number of aromatic nitrogens is 3. The van der Waals surface area contributed by atoms with E-state index in [1.165, 1.54) is 17.8 Å². The summed E-state index contributed by atoms with van der Waals surface area (Å²) in [5.74, 6) is 1.56. The molecule has 0 bridgehead atoms. The largest absolute Gasteiger partial charge is 0.339 e. The number of aromatic amines is 1. The maximum Gasteiger partial charge on any atom is 0.255 e. The highest BCUT2D eigenvalue weighted by molar-refractivity contribution is 5.93. The van der Waals surface area contributed by atoms with E-state index in [4.69, 9.17) is 0 Å². The first-order chi connectivity index (χ1) is 12.6. The number of pyridine rings is 1. The summed E-state index contributed by atoms with van der Waals surface area (Å²) in [6.45, 7) is 4.48. The first-order valence-corrected chi connectivity index (χ1v) is 9.02. The van der Waals surface area contributed by atoms with Gasteiger partial charge in [0, 0.05) is 31.9 Å². The van der Waals surface area contributed by atoms with Crippen LogP contribution < -0.4 is 5.56 Å². The molecular weight excluding hydrogens is 328 g/mol. The highest BCUT2D eigenvalue weighted by Crippen LogP contribution is 2.24. The van der Waals surface area contributed by atoms with Gasteiger partial charge in [-0.25, -0.2) is 4.98 Å². The Balaban J connectivity index is 1.42. The minimum atomic E-state index is -0.191. The number of nitrogens with one attached hydrogen (secondary N) is 1. The SMILES string of the molecule is Cc1nc2ccccc2n1CC1CCN(C(=O)c2ccc(=O)[nH]c2)CC1. The van der Waals surface area contributed by atoms with E-state index in [9.17, 15) is 9.59 Å². The Labute approximate surface area is 151 Å². The van der Waals surface area contributed by atoms with E-state index in [2.05, 4.69) is 27.5 Å². The third-order valence-corrected chi connectivity index (χ3v) is 5.22. The van der Waals surface area contributed by atoms with Gasteiger partial charge in [-0.15, -0.1) is 0 Å². The predicted molar refractivity (Wildman–Crippen MR) is 100 cm³/mol. The summed E-state index contributed by atoms with van der Waals surface area (Å²) < 4.78 is 2.29. The van der Waals surface area contributed by atoms with Gasteiger partial charge in [-0.05, 0) is 43.9 Å². The van der Waals surface area contributed by atoms with Crippen molar-refractivity contribution in [1.82, 2.24) is 19.4 Å². The Kier molecular flexibility index (Phi) is 4.32. The zero-order chi connectivity index (χ0) is 18.1. The van der Waals surface area contributed by atoms with Gasteiger partial charge in [0.05, 0.1) is 16.6 Å². The smallest absolute Gasteiger partial charge is 0.255 e. The third-order valence-electron chi connectivity index (χ3n) is 5.22. The number of aryl methyl sites for hydroxylation is 1. The number of nitrogens with zero attached hydrogens (tertiary/aromatic N) is 3. The van der Waals surface area contributed by atoms with E-state index in [1.54, 1.807) is 6.07 Å². The van der Waals surface area contributed by atoms with E-state index >= 15 is 0 Å². The lowest BCUT2D eigenvalue weighted by Gasteiger charge is -2.32. The van der Waals surface area contributed by atoms with Crippen molar-refractivity contribution in [3.63, 3.8) is 0 Å². The normalized spacial score (nSPS) is 15.5. The van der Waals surface area contributed by atoms with Crippen LogP contribution in [0.2, 0.25) is 0 Å². The second-order valence-electron chi connectivity index (χ2n) is 6.94. The highest BCUT2D eigenvalue weighted by atomic mass is 16.2. The molecule has 3 aromatic rings. The van der Waals surface area contributed by atoms with Crippen molar-refractivity contribution >= 4 is 16.9 Å². The van der Waals surface area contributed by atoms with Crippen LogP contribution in [0.25, 0.3) is 11.0 Å². The van der Waals surface area contributed by atoms with E-state index < -0.39 is 0 Å². The Hall–Kier alpha value is -2.89. The molecule has 6 nitrogen and oxygen atoms in total. The summed E-state index contributed by atoms with van der Waals surface area (Å²) in [5.41, 5.74) is 2.56. The molecule has 1 aliphatic heterocycles. The van der Waals surface area contributed by atoms with E-state index in [0.29, 0.717) is 11.5 Å². The minimum Gasteiger partial charge on any atom is -0.339 e. The molecule has 0 atom stereocenters. The lowest BCUT2D eigenvalue weighted by molar-refractivity contribution is 0.0682. The molecule has 0 spiro atoms. The Morgan fingerprint density at radius 1 is 1.19 bits per heavy atom. The molecule has 0 aliphatic carbocycles. The zero-order valence-corrected chi connectivity index (χ0v) is 14.8. The van der Waals surface area contributed by atoms with Crippen molar-refractivity contribution in [2.45, 2.75) is 26.3 Å². The molecule has 3 heterocycles. The number of para-hydroxylation sites is 2. The number of carbonyl (C=O) groups excluding carboxylic acids is 1. The molecule has 0 radical (unpaired) electrons. The number of amides is 1. The number of carbonyl (C=O) groups is 1. The quantitative estimate of drug-likeness (QED) is 0.789. The van der Waals surface area contributed by atoms with Gasteiger partial charge in [0.25, 0.3) is 5.91 Å². The van der Waals surface area contributed by atoms with E-state index in [1.807, 2.05) is 23.1 Å². The number of likely N-dealkylation sites (tertiary alicyclic amines) is 1. The first kappa shape index (κ1) is 16.6. The summed E-state index contributed by atoms with van der Waals surface area (Å²) in [6, 6.07) is 11.2. The molecule has 0 unspecified atom stereocenters. The maximum atomic E-state index is 12.6. The molecule has 134 valence electrons. The number of hydrogen-bond acceptors (Lipinski definition) is 3. The van der Waals surface area contributed by atoms with Gasteiger partial charge in [0.1, 0.15) is 5.82 Å². The minimum absolute atomic E-state index is 0.0102. The number of fused-ring (bicyclic) bond motifs is 1. The zero-order valence-electron chi connectivity index (χ0n) is 14.8. The molecule has 1 fully saturated rings. The molecule has 26 heavy (non-hydrogen) atoms. The van der Waals surface area contributed by atoms with Crippen molar-refractivity contribution in [2.75, 3.05) is 13.1 Å². The number of benzene rings is 1. The number of H-pyrrole nitrogens is 1. The van der Waals surface area contributed by atoms with Crippen molar-refractivity contribution < 1.29 is 4.79 Å². The van der Waals surface area contributed by atoms with Gasteiger partial charge in [0.2, 0.25) is 5.56 Å². The molecule has 1 aliphatic rings. The van der Waals surface area contributed by atoms with Crippen LogP contribution in [0, 0.1) is 12.8 Å². The summed E-state index contributed by atoms with van der Waals surface area (Å²) in [7, 11) is 0. The van der Waals surface area contributed by atoms with Gasteiger partial charge in [-0.1, -0.05) is 12.1 Å². The molecule has 4 rings (SSSR count). The fraction of sp³-hybridized carbons (Fsp3) is 0.350. The van der Waals surface area contributed by atoms with Crippen molar-refractivity contribution in [3.05, 3.63) is 64.3 Å². The highest BCUT2D eigenvalue weighted by Gasteiger charge is 2.24. The molecule has 1 N–H and O–H groups in total. The number of piperidine rings is 1. The van der Waals surface area contributed by atoms with Crippen LogP contribution in [-0.4, -0.2) is 38.4 Å². The van der Waals surface area contributed by atoms with Crippen LogP contribution in [0.15, 0.2) is 47.4 Å². The summed E-state index contributed by atoms with van der Waals surface area (Å²) in [5, 5.41) is 0. The van der Waals surface area contributed by atoms with Crippen molar-refractivity contribution in [1.29, 1.82) is 0 Å². The van der Waals surface area contributed by atoms with Crippen LogP contribution in [0.5, 0.6) is 0 Å². The van der Waals surface area contributed by atoms with Crippen molar-refractivity contribution in [3.8, 4) is 0 Å². The fourth-order valence-corrected chi connectivity index (χ4v) is 3.73. The molecule has 6 heteroatoms. The van der Waals surface area contributed by atoms with Crippen LogP contribution in [0.3, 0.4) is 0 Å². The first-order valence-electron chi connectivity index (χ1n) is 9.02. The van der Waals surface area contributed by atoms with Crippen LogP contribution >= 0.6 is 0 Å². The summed E-state index contributed by atoms with van der Waals surface area (Å²) in [6.07, 6.45) is 3.44. The lowest BCUT2D eigenvalue weighted by atomic mass is 9.96. The molecular formula is C20H22N4O2. The Morgan fingerprint density at radius 3 is 2.69 bits per heavy atom. The number of imidazole rings is 1. The second-order valence-corrected chi connectivity index (χ2v) is 6.94. The standard InChI is InChI=1S/C20H22N4O2/c1-14-22-17-4-2-3-5-18(17)24(14)13-15-8-10-23(11-9-15)20(26)16-6-7-19(25)21-12-16/h2-7,12,15H,8-11,13H2,1H3,(H,21,25). The predicted octanol–water partition coefficient (Wildman–Crippen LogP) is 2.59. The monoisotopic (exact) mass is 350 g/mol. The van der Waals surface area contributed by atoms with E-state index in [-0.39, 0.29) is 11.5 Å². The van der Waals surface area contributed by atoms with Crippen LogP contribution in [-0.2, 0) is 6.54 Å². The van der Waals surface area contributed by atoms with Gasteiger partial charge >= 0.3 is 0 Å². The Bertz CT molecular complexity index is 976. The molecule has 1 aromatic carbocycles.